The van der Waals surface area contributed by atoms with E-state index in [0.717, 1.165) is 48.5 Å². The minimum atomic E-state index is -4.61. The summed E-state index contributed by atoms with van der Waals surface area (Å²) in [5.74, 6) is 1.50. The number of ether oxygens (including phenoxy) is 4. The van der Waals surface area contributed by atoms with Gasteiger partial charge in [-0.15, -0.1) is 22.7 Å². The third kappa shape index (κ3) is 9.93. The molecule has 0 spiro atoms. The predicted octanol–water partition coefficient (Wildman–Crippen LogP) is 17.6. The lowest BCUT2D eigenvalue weighted by Gasteiger charge is -2.18. The molecule has 0 atom stereocenters. The molecule has 386 valence electrons. The second-order valence-electron chi connectivity index (χ2n) is 17.4. The highest BCUT2D eigenvalue weighted by atomic mass is 32.1. The van der Waals surface area contributed by atoms with Gasteiger partial charge < -0.3 is 18.9 Å². The highest BCUT2D eigenvalue weighted by molar-refractivity contribution is 7.20. The monoisotopic (exact) mass is 1090 g/mol. The van der Waals surface area contributed by atoms with Crippen molar-refractivity contribution in [2.75, 3.05) is 26.4 Å². The minimum absolute atomic E-state index is 0.163. The molecule has 0 fully saturated rings. The molecule has 6 heterocycles. The van der Waals surface area contributed by atoms with Crippen molar-refractivity contribution >= 4 is 22.7 Å². The Hall–Kier alpha value is -7.84. The molecule has 0 saturated carbocycles. The number of rotatable bonds is 8. The van der Waals surface area contributed by atoms with Crippen molar-refractivity contribution in [1.29, 1.82) is 0 Å². The van der Waals surface area contributed by atoms with Gasteiger partial charge in [-0.2, -0.15) is 52.7 Å². The van der Waals surface area contributed by atoms with Gasteiger partial charge in [0.2, 0.25) is 0 Å². The van der Waals surface area contributed by atoms with Gasteiger partial charge in [0.05, 0.1) is 64.5 Å². The number of thiophene rings is 2. The summed E-state index contributed by atoms with van der Waals surface area (Å²) in [5, 5.41) is 0. The SMILES string of the molecule is FC(F)(F)c1ccc(-c2cc(-c3sc(-c4cccc(-c5sc(-c6cc(-c7ccc(C(F)(F)F)cc7)nc(-c7ccc(C(F)(F)F)cc7)c6)c6c5OCCO6)c4)c4c3OCCO4)cc(-c3ccc(C(F)(F)F)cc3)n2)cc1. The zero-order valence-electron chi connectivity index (χ0n) is 38.6. The van der Waals surface area contributed by atoms with Crippen molar-refractivity contribution < 1.29 is 71.6 Å². The Bertz CT molecular complexity index is 3250. The molecule has 0 aliphatic carbocycles. The van der Waals surface area contributed by atoms with E-state index in [4.69, 9.17) is 28.9 Å². The fraction of sp³-hybridized carbons (Fsp3) is 0.143. The van der Waals surface area contributed by atoms with Crippen LogP contribution in [0, 0.1) is 0 Å². The summed E-state index contributed by atoms with van der Waals surface area (Å²) in [6.07, 6.45) is -18.4. The van der Waals surface area contributed by atoms with Crippen molar-refractivity contribution in [2.24, 2.45) is 0 Å². The van der Waals surface area contributed by atoms with Crippen LogP contribution in [0.5, 0.6) is 23.0 Å². The maximum Gasteiger partial charge on any atom is 0.416 e. The predicted molar refractivity (Wildman–Crippen MR) is 263 cm³/mol. The number of benzene rings is 5. The molecular formula is C56H32F12N2O4S2. The molecule has 0 saturated heterocycles. The third-order valence-corrected chi connectivity index (χ3v) is 14.9. The van der Waals surface area contributed by atoms with E-state index >= 15 is 0 Å². The molecule has 11 rings (SSSR count). The quantitative estimate of drug-likeness (QED) is 0.141. The van der Waals surface area contributed by atoms with Crippen molar-refractivity contribution in [3.63, 3.8) is 0 Å². The van der Waals surface area contributed by atoms with Crippen LogP contribution < -0.4 is 18.9 Å². The molecule has 5 aromatic carbocycles. The van der Waals surface area contributed by atoms with Gasteiger partial charge in [-0.25, -0.2) is 9.97 Å². The van der Waals surface area contributed by atoms with E-state index in [1.54, 1.807) is 24.3 Å². The van der Waals surface area contributed by atoms with Crippen LogP contribution in [0.1, 0.15) is 22.3 Å². The van der Waals surface area contributed by atoms with E-state index in [1.165, 1.54) is 71.2 Å². The number of alkyl halides is 12. The van der Waals surface area contributed by atoms with Crippen LogP contribution >= 0.6 is 22.7 Å². The molecule has 6 nitrogen and oxygen atoms in total. The molecule has 76 heavy (non-hydrogen) atoms. The number of fused-ring (bicyclic) bond motifs is 2. The normalized spacial score (nSPS) is 13.7. The van der Waals surface area contributed by atoms with Crippen molar-refractivity contribution in [1.82, 2.24) is 9.97 Å². The van der Waals surface area contributed by atoms with Crippen LogP contribution in [0.2, 0.25) is 0 Å². The summed E-state index contributed by atoms with van der Waals surface area (Å²) < 4.78 is 188. The fourth-order valence-electron chi connectivity index (χ4n) is 8.70. The van der Waals surface area contributed by atoms with Gasteiger partial charge in [0.15, 0.2) is 23.0 Å². The number of nitrogens with zero attached hydrogens (tertiary/aromatic N) is 2. The van der Waals surface area contributed by atoms with Gasteiger partial charge in [-0.1, -0.05) is 66.7 Å². The van der Waals surface area contributed by atoms with Gasteiger partial charge in [-0.3, -0.25) is 0 Å². The lowest BCUT2D eigenvalue weighted by Crippen LogP contribution is -2.15. The average Bonchev–Trinajstić information content (AvgIpc) is 4.00. The number of pyridine rings is 2. The molecule has 2 aliphatic rings. The number of hydrogen-bond donors (Lipinski definition) is 0. The van der Waals surface area contributed by atoms with Gasteiger partial charge in [-0.05, 0) is 101 Å². The molecule has 9 aromatic rings. The van der Waals surface area contributed by atoms with Gasteiger partial charge >= 0.3 is 24.7 Å². The summed E-state index contributed by atoms with van der Waals surface area (Å²) in [4.78, 5) is 11.7. The van der Waals surface area contributed by atoms with Crippen LogP contribution in [0.3, 0.4) is 0 Å². The summed E-state index contributed by atoms with van der Waals surface area (Å²) in [6, 6.07) is 31.5. The van der Waals surface area contributed by atoms with E-state index in [0.29, 0.717) is 87.0 Å². The molecule has 0 unspecified atom stereocenters. The molecule has 2 aliphatic heterocycles. The Balaban J connectivity index is 1.01. The highest BCUT2D eigenvalue weighted by Gasteiger charge is 2.35. The van der Waals surface area contributed by atoms with E-state index in [9.17, 15) is 52.7 Å². The first-order valence-corrected chi connectivity index (χ1v) is 24.5. The lowest BCUT2D eigenvalue weighted by molar-refractivity contribution is -0.138. The van der Waals surface area contributed by atoms with Gasteiger partial charge in [0.25, 0.3) is 0 Å². The van der Waals surface area contributed by atoms with Crippen molar-refractivity contribution in [3.8, 4) is 110 Å². The molecule has 0 radical (unpaired) electrons. The smallest absolute Gasteiger partial charge is 0.416 e. The highest BCUT2D eigenvalue weighted by Crippen LogP contribution is 2.57. The van der Waals surface area contributed by atoms with E-state index < -0.39 is 47.0 Å². The molecule has 20 heteroatoms. The van der Waals surface area contributed by atoms with E-state index in [2.05, 4.69) is 0 Å². The fourth-order valence-corrected chi connectivity index (χ4v) is 11.0. The maximum atomic E-state index is 13.6. The van der Waals surface area contributed by atoms with Gasteiger partial charge in [0.1, 0.15) is 26.4 Å². The zero-order valence-corrected chi connectivity index (χ0v) is 40.2. The lowest BCUT2D eigenvalue weighted by atomic mass is 10.0. The summed E-state index contributed by atoms with van der Waals surface area (Å²) >= 11 is 2.56. The topological polar surface area (TPSA) is 62.7 Å². The number of hydrogen-bond acceptors (Lipinski definition) is 8. The molecule has 0 N–H and O–H groups in total. The third-order valence-electron chi connectivity index (χ3n) is 12.4. The summed E-state index contributed by atoms with van der Waals surface area (Å²) in [5.41, 5.74) is 0.926. The summed E-state index contributed by atoms with van der Waals surface area (Å²) in [7, 11) is 0. The average molecular weight is 1090 g/mol. The minimum Gasteiger partial charge on any atom is -0.485 e. The van der Waals surface area contributed by atoms with Gasteiger partial charge in [0, 0.05) is 22.3 Å². The van der Waals surface area contributed by atoms with Crippen LogP contribution in [0.25, 0.3) is 86.8 Å². The van der Waals surface area contributed by atoms with E-state index in [1.807, 2.05) is 24.3 Å². The second-order valence-corrected chi connectivity index (χ2v) is 19.4. The van der Waals surface area contributed by atoms with Crippen LogP contribution in [0.4, 0.5) is 52.7 Å². The van der Waals surface area contributed by atoms with Crippen LogP contribution in [-0.4, -0.2) is 36.4 Å². The van der Waals surface area contributed by atoms with Crippen molar-refractivity contribution in [2.45, 2.75) is 24.7 Å². The van der Waals surface area contributed by atoms with Crippen LogP contribution in [-0.2, 0) is 24.7 Å². The molecule has 0 bridgehead atoms. The standard InChI is InChI=1S/C56H32F12N2O4S2/c57-53(58,59)37-12-4-29(5-13-37)41-25-35(26-42(69-41)30-6-14-38(15-7-30)54(60,61)62)51-47-45(71-20-22-73-47)49(75-51)33-2-1-3-34(24-33)50-46-48(74-23-21-72-46)52(76-50)36-27-43(31-8-16-39(17-9-31)55(63,64)65)70-44(28-36)32-10-18-40(19-11-32)56(66,67)68/h1-19,24-28H,20-23H2. The first kappa shape index (κ1) is 50.3. The number of aromatic nitrogens is 2. The molecular weight excluding hydrogens is 1060 g/mol. The Morgan fingerprint density at radius 2 is 0.526 bits per heavy atom. The Labute approximate surface area is 431 Å². The van der Waals surface area contributed by atoms with Crippen molar-refractivity contribution in [3.05, 3.63) is 168 Å². The zero-order chi connectivity index (χ0) is 53.3. The largest absolute Gasteiger partial charge is 0.485 e. The number of halogens is 12. The Morgan fingerprint density at radius 1 is 0.289 bits per heavy atom. The first-order chi connectivity index (χ1) is 36.2. The van der Waals surface area contributed by atoms with E-state index in [-0.39, 0.29) is 49.2 Å². The molecule has 0 amide bonds. The Morgan fingerprint density at radius 3 is 0.763 bits per heavy atom. The first-order valence-electron chi connectivity index (χ1n) is 22.9. The second kappa shape index (κ2) is 19.1. The summed E-state index contributed by atoms with van der Waals surface area (Å²) in [6.45, 7) is 0.691. The Kier molecular flexibility index (Phi) is 12.6. The maximum absolute atomic E-state index is 13.6. The van der Waals surface area contributed by atoms with Crippen LogP contribution in [0.15, 0.2) is 146 Å². The molecule has 4 aromatic heterocycles.